The van der Waals surface area contributed by atoms with E-state index in [0.29, 0.717) is 19.1 Å². The molecule has 0 saturated carbocycles. The molecule has 0 unspecified atom stereocenters. The third-order valence-corrected chi connectivity index (χ3v) is 3.99. The number of ether oxygens (including phenoxy) is 2. The summed E-state index contributed by atoms with van der Waals surface area (Å²) in [6.07, 6.45) is 2.68. The molecule has 1 aliphatic rings. The minimum atomic E-state index is -0.411. The van der Waals surface area contributed by atoms with Crippen LogP contribution in [0.1, 0.15) is 57.5 Å². The zero-order valence-electron chi connectivity index (χ0n) is 13.6. The smallest absolute Gasteiger partial charge is 0.163 e. The van der Waals surface area contributed by atoms with E-state index in [-0.39, 0.29) is 0 Å². The number of hydrogen-bond donors (Lipinski definition) is 1. The molecule has 2 heterocycles. The zero-order valence-corrected chi connectivity index (χ0v) is 13.6. The fraction of sp³-hybridized carbons (Fsp3) is 0.750. The van der Waals surface area contributed by atoms with Crippen molar-refractivity contribution in [3.05, 3.63) is 17.6 Å². The summed E-state index contributed by atoms with van der Waals surface area (Å²) in [6.45, 7) is 8.75. The van der Waals surface area contributed by atoms with Crippen LogP contribution in [0, 0.1) is 0 Å². The van der Waals surface area contributed by atoms with Crippen molar-refractivity contribution in [2.75, 3.05) is 32.2 Å². The van der Waals surface area contributed by atoms with Gasteiger partial charge in [-0.1, -0.05) is 20.8 Å². The van der Waals surface area contributed by atoms with Crippen molar-refractivity contribution in [3.63, 3.8) is 0 Å². The molecule has 0 aromatic carbocycles. The predicted octanol–water partition coefficient (Wildman–Crippen LogP) is 3.07. The van der Waals surface area contributed by atoms with E-state index in [0.717, 1.165) is 43.1 Å². The standard InChI is InChI=1S/C16H27N3O2/c1-5-8-17-14-11-13(12(2)3)18-15(19-14)16(20-4)6-9-21-10-7-16/h11-12H,5-10H2,1-4H3,(H,17,18,19). The van der Waals surface area contributed by atoms with Crippen molar-refractivity contribution in [1.29, 1.82) is 0 Å². The third-order valence-electron chi connectivity index (χ3n) is 3.99. The fourth-order valence-corrected chi connectivity index (χ4v) is 2.53. The van der Waals surface area contributed by atoms with Gasteiger partial charge < -0.3 is 14.8 Å². The first-order chi connectivity index (χ1) is 10.1. The van der Waals surface area contributed by atoms with E-state index >= 15 is 0 Å². The molecule has 0 spiro atoms. The fourth-order valence-electron chi connectivity index (χ4n) is 2.53. The molecule has 0 aliphatic carbocycles. The third kappa shape index (κ3) is 3.71. The Balaban J connectivity index is 2.37. The molecule has 5 heteroatoms. The maximum atomic E-state index is 5.83. The van der Waals surface area contributed by atoms with E-state index in [9.17, 15) is 0 Å². The Morgan fingerprint density at radius 2 is 2.05 bits per heavy atom. The van der Waals surface area contributed by atoms with Crippen molar-refractivity contribution >= 4 is 5.82 Å². The summed E-state index contributed by atoms with van der Waals surface area (Å²) in [5.41, 5.74) is 0.646. The number of anilines is 1. The maximum Gasteiger partial charge on any atom is 0.163 e. The van der Waals surface area contributed by atoms with Crippen LogP contribution < -0.4 is 5.32 Å². The van der Waals surface area contributed by atoms with Crippen LogP contribution in [0.4, 0.5) is 5.82 Å². The minimum absolute atomic E-state index is 0.364. The van der Waals surface area contributed by atoms with Crippen LogP contribution in [0.2, 0.25) is 0 Å². The summed E-state index contributed by atoms with van der Waals surface area (Å²) >= 11 is 0. The van der Waals surface area contributed by atoms with Gasteiger partial charge in [0, 0.05) is 51.5 Å². The van der Waals surface area contributed by atoms with Crippen LogP contribution in [0.3, 0.4) is 0 Å². The van der Waals surface area contributed by atoms with Crippen molar-refractivity contribution in [2.24, 2.45) is 0 Å². The van der Waals surface area contributed by atoms with Gasteiger partial charge in [0.25, 0.3) is 0 Å². The molecule has 21 heavy (non-hydrogen) atoms. The molecule has 118 valence electrons. The second-order valence-corrected chi connectivity index (χ2v) is 5.89. The van der Waals surface area contributed by atoms with Gasteiger partial charge >= 0.3 is 0 Å². The van der Waals surface area contributed by atoms with E-state index in [1.807, 2.05) is 6.07 Å². The molecule has 1 N–H and O–H groups in total. The first kappa shape index (κ1) is 16.2. The predicted molar refractivity (Wildman–Crippen MR) is 83.6 cm³/mol. The Kier molecular flexibility index (Phi) is 5.53. The molecule has 0 amide bonds. The van der Waals surface area contributed by atoms with Crippen molar-refractivity contribution in [1.82, 2.24) is 9.97 Å². The van der Waals surface area contributed by atoms with Crippen molar-refractivity contribution in [3.8, 4) is 0 Å². The number of rotatable bonds is 6. The zero-order chi connectivity index (χ0) is 15.3. The Morgan fingerprint density at radius 1 is 1.33 bits per heavy atom. The van der Waals surface area contributed by atoms with Gasteiger partial charge in [-0.2, -0.15) is 0 Å². The molecule has 1 fully saturated rings. The molecule has 1 aromatic heterocycles. The molecule has 0 bridgehead atoms. The summed E-state index contributed by atoms with van der Waals surface area (Å²) in [6, 6.07) is 2.05. The minimum Gasteiger partial charge on any atom is -0.381 e. The summed E-state index contributed by atoms with van der Waals surface area (Å²) in [7, 11) is 1.75. The second kappa shape index (κ2) is 7.18. The molecular formula is C16H27N3O2. The lowest BCUT2D eigenvalue weighted by atomic mass is 9.92. The number of hydrogen-bond acceptors (Lipinski definition) is 5. The van der Waals surface area contributed by atoms with E-state index in [1.165, 1.54) is 0 Å². The Bertz CT molecular complexity index is 457. The van der Waals surface area contributed by atoms with Crippen LogP contribution in [0.15, 0.2) is 6.07 Å². The quantitative estimate of drug-likeness (QED) is 0.873. The maximum absolute atomic E-state index is 5.83. The molecule has 0 radical (unpaired) electrons. The lowest BCUT2D eigenvalue weighted by molar-refractivity contribution is -0.1000. The Labute approximate surface area is 127 Å². The van der Waals surface area contributed by atoms with Crippen LogP contribution in [0.25, 0.3) is 0 Å². The van der Waals surface area contributed by atoms with Crippen molar-refractivity contribution in [2.45, 2.75) is 51.6 Å². The molecule has 1 saturated heterocycles. The van der Waals surface area contributed by atoms with Crippen LogP contribution >= 0.6 is 0 Å². The van der Waals surface area contributed by atoms with Gasteiger partial charge in [0.2, 0.25) is 0 Å². The highest BCUT2D eigenvalue weighted by atomic mass is 16.5. The van der Waals surface area contributed by atoms with Gasteiger partial charge in [-0.05, 0) is 12.3 Å². The largest absolute Gasteiger partial charge is 0.381 e. The summed E-state index contributed by atoms with van der Waals surface area (Å²) in [5, 5.41) is 3.37. The first-order valence-electron chi connectivity index (χ1n) is 7.87. The molecular weight excluding hydrogens is 266 g/mol. The van der Waals surface area contributed by atoms with Gasteiger partial charge in [0.1, 0.15) is 11.4 Å². The van der Waals surface area contributed by atoms with Crippen LogP contribution in [-0.4, -0.2) is 36.8 Å². The SMILES string of the molecule is CCCNc1cc(C(C)C)nc(C2(OC)CCOCC2)n1. The topological polar surface area (TPSA) is 56.3 Å². The molecule has 2 rings (SSSR count). The van der Waals surface area contributed by atoms with Crippen molar-refractivity contribution < 1.29 is 9.47 Å². The van der Waals surface area contributed by atoms with Gasteiger partial charge in [-0.3, -0.25) is 0 Å². The average Bonchev–Trinajstić information content (AvgIpc) is 2.53. The number of aromatic nitrogens is 2. The first-order valence-corrected chi connectivity index (χ1v) is 7.87. The lowest BCUT2D eigenvalue weighted by Crippen LogP contribution is -2.37. The van der Waals surface area contributed by atoms with Gasteiger partial charge in [-0.15, -0.1) is 0 Å². The van der Waals surface area contributed by atoms with E-state index < -0.39 is 5.60 Å². The van der Waals surface area contributed by atoms with Gasteiger partial charge in [0.15, 0.2) is 5.82 Å². The summed E-state index contributed by atoms with van der Waals surface area (Å²) in [4.78, 5) is 9.49. The highest BCUT2D eigenvalue weighted by Crippen LogP contribution is 2.34. The Morgan fingerprint density at radius 3 is 2.62 bits per heavy atom. The van der Waals surface area contributed by atoms with E-state index in [1.54, 1.807) is 7.11 Å². The highest BCUT2D eigenvalue weighted by molar-refractivity contribution is 5.37. The normalized spacial score (nSPS) is 18.0. The molecule has 0 atom stereocenters. The summed E-state index contributed by atoms with van der Waals surface area (Å²) in [5.74, 6) is 2.05. The lowest BCUT2D eigenvalue weighted by Gasteiger charge is -2.34. The molecule has 1 aromatic rings. The number of nitrogens with zero attached hydrogens (tertiary/aromatic N) is 2. The van der Waals surface area contributed by atoms with Gasteiger partial charge in [0.05, 0.1) is 0 Å². The highest BCUT2D eigenvalue weighted by Gasteiger charge is 2.38. The summed E-state index contributed by atoms with van der Waals surface area (Å²) < 4.78 is 11.3. The molecule has 5 nitrogen and oxygen atoms in total. The van der Waals surface area contributed by atoms with Crippen LogP contribution in [0.5, 0.6) is 0 Å². The second-order valence-electron chi connectivity index (χ2n) is 5.89. The number of methoxy groups -OCH3 is 1. The number of nitrogens with one attached hydrogen (secondary N) is 1. The van der Waals surface area contributed by atoms with Gasteiger partial charge in [-0.25, -0.2) is 9.97 Å². The van der Waals surface area contributed by atoms with E-state index in [4.69, 9.17) is 19.4 Å². The van der Waals surface area contributed by atoms with Crippen LogP contribution in [-0.2, 0) is 15.1 Å². The Hall–Kier alpha value is -1.20. The average molecular weight is 293 g/mol. The van der Waals surface area contributed by atoms with E-state index in [2.05, 4.69) is 26.1 Å². The monoisotopic (exact) mass is 293 g/mol. The molecule has 1 aliphatic heterocycles.